The zero-order chi connectivity index (χ0) is 17.5. The van der Waals surface area contributed by atoms with Gasteiger partial charge in [-0.25, -0.2) is 0 Å². The van der Waals surface area contributed by atoms with Crippen LogP contribution >= 0.6 is 0 Å². The first kappa shape index (κ1) is 16.7. The van der Waals surface area contributed by atoms with Gasteiger partial charge in [-0.15, -0.1) is 0 Å². The summed E-state index contributed by atoms with van der Waals surface area (Å²) in [7, 11) is 0. The molecule has 3 aromatic heterocycles. The van der Waals surface area contributed by atoms with E-state index in [0.29, 0.717) is 31.9 Å². The van der Waals surface area contributed by atoms with Gasteiger partial charge in [-0.05, 0) is 0 Å². The summed E-state index contributed by atoms with van der Waals surface area (Å²) in [5.41, 5.74) is 3.07. The van der Waals surface area contributed by atoms with Crippen molar-refractivity contribution in [2.75, 3.05) is 13.2 Å². The summed E-state index contributed by atoms with van der Waals surface area (Å²) in [5, 5.41) is 10.4. The summed E-state index contributed by atoms with van der Waals surface area (Å²) < 4.78 is 15.8. The fourth-order valence-electron chi connectivity index (χ4n) is 3.45. The van der Waals surface area contributed by atoms with Gasteiger partial charge in [-0.3, -0.25) is 0 Å². The third-order valence-corrected chi connectivity index (χ3v) is 6.61. The van der Waals surface area contributed by atoms with E-state index < -0.39 is 0 Å². The van der Waals surface area contributed by atoms with E-state index in [4.69, 9.17) is 14.6 Å². The van der Waals surface area contributed by atoms with Crippen molar-refractivity contribution in [1.29, 1.82) is 0 Å². The molecule has 0 spiro atoms. The molecule has 1 aliphatic heterocycles. The van der Waals surface area contributed by atoms with E-state index in [1.54, 1.807) is 0 Å². The van der Waals surface area contributed by atoms with Crippen LogP contribution in [0.1, 0.15) is 25.7 Å². The van der Waals surface area contributed by atoms with Crippen molar-refractivity contribution in [2.45, 2.75) is 38.3 Å². The van der Waals surface area contributed by atoms with Crippen LogP contribution in [0, 0.1) is 5.92 Å². The van der Waals surface area contributed by atoms with Gasteiger partial charge < -0.3 is 0 Å². The number of aromatic nitrogens is 5. The van der Waals surface area contributed by atoms with Gasteiger partial charge in [0.1, 0.15) is 0 Å². The first-order chi connectivity index (χ1) is 12.8. The fraction of sp³-hybridized carbons (Fsp3) is 0.500. The van der Waals surface area contributed by atoms with Crippen LogP contribution in [-0.4, -0.2) is 67.7 Å². The molecule has 0 atom stereocenters. The maximum absolute atomic E-state index is 6.27. The van der Waals surface area contributed by atoms with Gasteiger partial charge in [0.05, 0.1) is 0 Å². The molecule has 0 N–H and O–H groups in total. The predicted molar refractivity (Wildman–Crippen MR) is 97.1 cm³/mol. The van der Waals surface area contributed by atoms with Gasteiger partial charge in [-0.2, -0.15) is 0 Å². The predicted octanol–water partition coefficient (Wildman–Crippen LogP) is 2.19. The average molecular weight is 543 g/mol. The van der Waals surface area contributed by atoms with Crippen LogP contribution in [0.5, 0.6) is 5.88 Å². The Labute approximate surface area is 167 Å². The van der Waals surface area contributed by atoms with Crippen molar-refractivity contribution in [3.63, 3.8) is 0 Å². The molecule has 0 radical (unpaired) electrons. The number of ether oxygens (including phenoxy) is 2. The molecule has 132 valence electrons. The van der Waals surface area contributed by atoms with Crippen LogP contribution < -0.4 is 4.74 Å². The Morgan fingerprint density at radius 1 is 1.23 bits per heavy atom. The van der Waals surface area contributed by atoms with E-state index in [1.807, 2.05) is 23.1 Å². The summed E-state index contributed by atoms with van der Waals surface area (Å²) in [6.45, 7) is 2.51. The Hall–Kier alpha value is -1.49. The first-order valence-corrected chi connectivity index (χ1v) is 11.2. The molecule has 0 bridgehead atoms. The minimum absolute atomic E-state index is 0.159. The number of hydrogen-bond acceptors (Lipinski definition) is 5. The van der Waals surface area contributed by atoms with Crippen LogP contribution in [0.3, 0.4) is 0 Å². The molecule has 1 saturated heterocycles. The Morgan fingerprint density at radius 3 is 2.88 bits per heavy atom. The third kappa shape index (κ3) is 3.26. The number of rotatable bonds is 5. The van der Waals surface area contributed by atoms with Crippen LogP contribution in [0.15, 0.2) is 24.7 Å². The Kier molecular flexibility index (Phi) is 4.43. The van der Waals surface area contributed by atoms with E-state index in [1.165, 1.54) is 12.8 Å². The van der Waals surface area contributed by atoms with Crippen LogP contribution in [0.25, 0.3) is 22.2 Å². The van der Waals surface area contributed by atoms with Crippen molar-refractivity contribution in [3.8, 4) is 17.1 Å². The van der Waals surface area contributed by atoms with Crippen molar-refractivity contribution in [3.05, 3.63) is 24.7 Å². The fourth-order valence-corrected chi connectivity index (χ4v) is 4.74. The molecule has 1 aliphatic carbocycles. The molecular formula is C18H20N5O2Tl. The Bertz CT molecular complexity index is 927. The Morgan fingerprint density at radius 2 is 2.08 bits per heavy atom. The van der Waals surface area contributed by atoms with E-state index >= 15 is 0 Å². The Balaban J connectivity index is 1.52. The topological polar surface area (TPSA) is 67.0 Å². The van der Waals surface area contributed by atoms with Gasteiger partial charge in [0.15, 0.2) is 0 Å². The normalized spacial score (nSPS) is 18.4. The zero-order valence-electron chi connectivity index (χ0n) is 14.5. The maximum atomic E-state index is 6.27. The number of fused-ring (bicyclic) bond motifs is 1. The molecule has 2 aliphatic rings. The number of nitrogens with zero attached hydrogens (tertiary/aromatic N) is 5. The molecule has 1 saturated carbocycles. The van der Waals surface area contributed by atoms with Gasteiger partial charge in [0.2, 0.25) is 0 Å². The second-order valence-corrected chi connectivity index (χ2v) is 9.03. The molecule has 7 nitrogen and oxygen atoms in total. The second kappa shape index (κ2) is 6.91. The number of pyridine rings is 1. The zero-order valence-corrected chi connectivity index (χ0v) is 19.0. The molecule has 0 aromatic carbocycles. The second-order valence-electron chi connectivity index (χ2n) is 7.13. The molecule has 5 rings (SSSR count). The quantitative estimate of drug-likeness (QED) is 0.463. The van der Waals surface area contributed by atoms with Crippen molar-refractivity contribution in [2.24, 2.45) is 5.92 Å². The first-order valence-electron chi connectivity index (χ1n) is 9.18. The molecule has 3 aromatic rings. The summed E-state index contributed by atoms with van der Waals surface area (Å²) in [6.07, 6.45) is 10.5. The summed E-state index contributed by atoms with van der Waals surface area (Å²) >= 11 is 0.580. The van der Waals surface area contributed by atoms with E-state index in [9.17, 15) is 0 Å². The molecule has 0 unspecified atom stereocenters. The van der Waals surface area contributed by atoms with Gasteiger partial charge in [0, 0.05) is 0 Å². The van der Waals surface area contributed by atoms with Crippen molar-refractivity contribution in [1.82, 2.24) is 22.4 Å². The summed E-state index contributed by atoms with van der Waals surface area (Å²) in [6, 6.07) is 2.03. The van der Waals surface area contributed by atoms with Gasteiger partial charge in [-0.1, -0.05) is 0 Å². The van der Waals surface area contributed by atoms with E-state index in [-0.39, 0.29) is 6.10 Å². The molecular weight excluding hydrogens is 523 g/mol. The number of hydrogen-bond donors (Lipinski definition) is 0. The van der Waals surface area contributed by atoms with Crippen molar-refractivity contribution >= 4 is 37.0 Å². The van der Waals surface area contributed by atoms with Crippen LogP contribution in [-0.2, 0) is 11.3 Å². The van der Waals surface area contributed by atoms with Gasteiger partial charge in [0.25, 0.3) is 0 Å². The third-order valence-electron chi connectivity index (χ3n) is 5.08. The van der Waals surface area contributed by atoms with E-state index in [2.05, 4.69) is 18.8 Å². The SMILES string of the molecule is [Tl][n]1nc(-c2cnn(CC3CC3)c2)c2c(OC3CCOCC3)nccc21. The van der Waals surface area contributed by atoms with Gasteiger partial charge >= 0.3 is 168 Å². The van der Waals surface area contributed by atoms with Crippen LogP contribution in [0.2, 0.25) is 0 Å². The van der Waals surface area contributed by atoms with Crippen molar-refractivity contribution < 1.29 is 9.47 Å². The molecule has 4 heterocycles. The average Bonchev–Trinajstić information content (AvgIpc) is 3.24. The minimum atomic E-state index is 0.159. The molecule has 0 amide bonds. The molecule has 26 heavy (non-hydrogen) atoms. The molecule has 8 heteroatoms. The molecule has 2 fully saturated rings. The summed E-state index contributed by atoms with van der Waals surface area (Å²) in [4.78, 5) is 4.54. The van der Waals surface area contributed by atoms with Crippen LogP contribution in [0.4, 0.5) is 0 Å². The monoisotopic (exact) mass is 543 g/mol. The standard InChI is InChI=1S/C18H20N5O2.Tl/c1-2-12(1)10-23-11-13(9-20-23)17-16-15(21-22-17)3-6-19-18(16)25-14-4-7-24-8-5-14;/h3,6,9,11-12,14H,1-2,4-5,7-8,10H2;/q-1;+1. The summed E-state index contributed by atoms with van der Waals surface area (Å²) in [5.74, 6) is 1.48. The van der Waals surface area contributed by atoms with E-state index in [0.717, 1.165) is 60.7 Å².